The molecule has 1 saturated carbocycles. The number of carbonyl (C=O) groups is 1. The monoisotopic (exact) mass is 314 g/mol. The van der Waals surface area contributed by atoms with Crippen LogP contribution in [0.25, 0.3) is 0 Å². The summed E-state index contributed by atoms with van der Waals surface area (Å²) in [6.07, 6.45) is 3.29. The van der Waals surface area contributed by atoms with E-state index in [9.17, 15) is 13.2 Å². The van der Waals surface area contributed by atoms with Crippen molar-refractivity contribution in [3.63, 3.8) is 0 Å². The van der Waals surface area contributed by atoms with Crippen molar-refractivity contribution in [2.45, 2.75) is 44.4 Å². The van der Waals surface area contributed by atoms with Gasteiger partial charge in [-0.05, 0) is 18.9 Å². The molecule has 7 heteroatoms. The second-order valence-electron chi connectivity index (χ2n) is 6.87. The maximum absolute atomic E-state index is 12.7. The van der Waals surface area contributed by atoms with E-state index in [0.717, 1.165) is 18.2 Å². The van der Waals surface area contributed by atoms with Gasteiger partial charge in [0.05, 0.1) is 17.9 Å². The lowest BCUT2D eigenvalue weighted by Crippen LogP contribution is -2.82. The predicted molar refractivity (Wildman–Crippen MR) is 78.0 cm³/mol. The van der Waals surface area contributed by atoms with Gasteiger partial charge in [0.15, 0.2) is 9.84 Å². The lowest BCUT2D eigenvalue weighted by Gasteiger charge is -2.65. The minimum atomic E-state index is -3.19. The molecule has 2 fully saturated rings. The normalized spacial score (nSPS) is 42.9. The highest BCUT2D eigenvalue weighted by Crippen LogP contribution is 2.57. The summed E-state index contributed by atoms with van der Waals surface area (Å²) >= 11 is 0. The Bertz CT molecular complexity index is 598. The summed E-state index contributed by atoms with van der Waals surface area (Å²) < 4.78 is 28.6. The quantitative estimate of drug-likeness (QED) is 0.744. The average Bonchev–Trinajstić information content (AvgIpc) is 2.76. The van der Waals surface area contributed by atoms with Crippen molar-refractivity contribution < 1.29 is 17.9 Å². The van der Waals surface area contributed by atoms with Crippen LogP contribution >= 0.6 is 0 Å². The smallest absolute Gasteiger partial charge is 0.241 e. The molecule has 1 saturated heterocycles. The first-order chi connectivity index (χ1) is 9.68. The molecule has 118 valence electrons. The molecule has 0 aromatic rings. The standard InChI is InChI=1S/C14H22N2O4S/c1-13(2)11-10(4-3-6-20-11)14(13,15)12(17)16-9-5-7-21(18,19)8-9/h5,7,9-11H,3-4,6,8,15H2,1-2H3,(H,16,17). The first-order valence-corrected chi connectivity index (χ1v) is 9.02. The van der Waals surface area contributed by atoms with Gasteiger partial charge >= 0.3 is 0 Å². The predicted octanol–water partition coefficient (Wildman–Crippen LogP) is -0.0542. The topological polar surface area (TPSA) is 98.5 Å². The van der Waals surface area contributed by atoms with E-state index in [0.29, 0.717) is 6.61 Å². The van der Waals surface area contributed by atoms with Crippen LogP contribution in [0, 0.1) is 11.3 Å². The van der Waals surface area contributed by atoms with E-state index in [1.54, 1.807) is 0 Å². The number of rotatable bonds is 2. The molecule has 2 heterocycles. The van der Waals surface area contributed by atoms with E-state index in [-0.39, 0.29) is 23.7 Å². The first kappa shape index (κ1) is 15.0. The van der Waals surface area contributed by atoms with Crippen molar-refractivity contribution >= 4 is 15.7 Å². The van der Waals surface area contributed by atoms with Gasteiger partial charge < -0.3 is 15.8 Å². The molecule has 3 rings (SSSR count). The number of carbonyl (C=O) groups excluding carboxylic acids is 1. The number of sulfone groups is 1. The number of nitrogens with one attached hydrogen (secondary N) is 1. The Morgan fingerprint density at radius 2 is 2.14 bits per heavy atom. The molecule has 21 heavy (non-hydrogen) atoms. The molecule has 0 spiro atoms. The first-order valence-electron chi connectivity index (χ1n) is 7.31. The fraction of sp³-hybridized carbons (Fsp3) is 0.786. The van der Waals surface area contributed by atoms with E-state index >= 15 is 0 Å². The molecule has 3 aliphatic rings. The Morgan fingerprint density at radius 3 is 2.76 bits per heavy atom. The number of fused-ring (bicyclic) bond motifs is 1. The van der Waals surface area contributed by atoms with Gasteiger partial charge in [-0.1, -0.05) is 13.8 Å². The molecule has 4 atom stereocenters. The van der Waals surface area contributed by atoms with Crippen molar-refractivity contribution in [2.75, 3.05) is 12.4 Å². The van der Waals surface area contributed by atoms with Gasteiger partial charge in [0.1, 0.15) is 5.54 Å². The fourth-order valence-electron chi connectivity index (χ4n) is 3.99. The van der Waals surface area contributed by atoms with Crippen LogP contribution in [0.3, 0.4) is 0 Å². The molecule has 1 aliphatic carbocycles. The second kappa shape index (κ2) is 4.54. The summed E-state index contributed by atoms with van der Waals surface area (Å²) in [6, 6.07) is -0.484. The van der Waals surface area contributed by atoms with E-state index in [4.69, 9.17) is 10.5 Å². The molecular weight excluding hydrogens is 292 g/mol. The third-order valence-corrected chi connectivity index (χ3v) is 6.70. The van der Waals surface area contributed by atoms with Gasteiger partial charge in [-0.3, -0.25) is 4.79 Å². The van der Waals surface area contributed by atoms with Crippen molar-refractivity contribution in [1.82, 2.24) is 5.32 Å². The molecule has 0 bridgehead atoms. The summed E-state index contributed by atoms with van der Waals surface area (Å²) in [4.78, 5) is 12.7. The Hall–Kier alpha value is -0.920. The van der Waals surface area contributed by atoms with Crippen molar-refractivity contribution in [1.29, 1.82) is 0 Å². The summed E-state index contributed by atoms with van der Waals surface area (Å²) in [5.41, 5.74) is 5.00. The van der Waals surface area contributed by atoms with Crippen molar-refractivity contribution in [3.8, 4) is 0 Å². The third-order valence-electron chi connectivity index (χ3n) is 5.31. The highest BCUT2D eigenvalue weighted by atomic mass is 32.2. The molecule has 4 unspecified atom stereocenters. The highest BCUT2D eigenvalue weighted by molar-refractivity contribution is 7.94. The Kier molecular flexibility index (Phi) is 3.24. The molecule has 6 nitrogen and oxygen atoms in total. The number of amides is 1. The highest BCUT2D eigenvalue weighted by Gasteiger charge is 2.70. The Labute approximate surface area is 125 Å². The van der Waals surface area contributed by atoms with E-state index in [1.807, 2.05) is 13.8 Å². The van der Waals surface area contributed by atoms with E-state index in [1.165, 1.54) is 6.08 Å². The zero-order valence-electron chi connectivity index (χ0n) is 12.3. The van der Waals surface area contributed by atoms with Gasteiger partial charge in [0, 0.05) is 23.3 Å². The maximum Gasteiger partial charge on any atom is 0.241 e. The SMILES string of the molecule is CC1(C)C2OCCCC2C1(N)C(=O)NC1C=CS(=O)(=O)C1. The average molecular weight is 314 g/mol. The maximum atomic E-state index is 12.7. The second-order valence-corrected chi connectivity index (χ2v) is 8.80. The van der Waals surface area contributed by atoms with Crippen LogP contribution in [0.2, 0.25) is 0 Å². The van der Waals surface area contributed by atoms with Gasteiger partial charge in [-0.25, -0.2) is 8.42 Å². The van der Waals surface area contributed by atoms with Crippen molar-refractivity contribution in [3.05, 3.63) is 11.5 Å². The minimum absolute atomic E-state index is 0.00300. The van der Waals surface area contributed by atoms with Crippen LogP contribution in [-0.4, -0.2) is 44.4 Å². The minimum Gasteiger partial charge on any atom is -0.377 e. The molecule has 1 amide bonds. The van der Waals surface area contributed by atoms with Crippen LogP contribution in [0.4, 0.5) is 0 Å². The lowest BCUT2D eigenvalue weighted by molar-refractivity contribution is -0.225. The van der Waals surface area contributed by atoms with Gasteiger partial charge in [-0.15, -0.1) is 0 Å². The van der Waals surface area contributed by atoms with Crippen LogP contribution in [0.5, 0.6) is 0 Å². The number of nitrogens with two attached hydrogens (primary N) is 1. The van der Waals surface area contributed by atoms with Crippen LogP contribution in [-0.2, 0) is 19.4 Å². The molecular formula is C14H22N2O4S. The van der Waals surface area contributed by atoms with Crippen LogP contribution < -0.4 is 11.1 Å². The molecule has 0 aromatic carbocycles. The van der Waals surface area contributed by atoms with E-state index < -0.39 is 26.8 Å². The molecule has 0 aromatic heterocycles. The lowest BCUT2D eigenvalue weighted by atomic mass is 9.46. The van der Waals surface area contributed by atoms with Crippen LogP contribution in [0.15, 0.2) is 11.5 Å². The summed E-state index contributed by atoms with van der Waals surface area (Å²) in [5.74, 6) is -0.353. The van der Waals surface area contributed by atoms with Crippen molar-refractivity contribution in [2.24, 2.45) is 17.1 Å². The van der Waals surface area contributed by atoms with Gasteiger partial charge in [0.2, 0.25) is 5.91 Å². The Morgan fingerprint density at radius 1 is 1.43 bits per heavy atom. The van der Waals surface area contributed by atoms with Gasteiger partial charge in [-0.2, -0.15) is 0 Å². The summed E-state index contributed by atoms with van der Waals surface area (Å²) in [5, 5.41) is 3.93. The zero-order chi connectivity index (χ0) is 15.5. The van der Waals surface area contributed by atoms with E-state index in [2.05, 4.69) is 5.32 Å². The van der Waals surface area contributed by atoms with Crippen LogP contribution in [0.1, 0.15) is 26.7 Å². The number of hydrogen-bond acceptors (Lipinski definition) is 5. The number of hydrogen-bond donors (Lipinski definition) is 2. The third kappa shape index (κ3) is 2.05. The Balaban J connectivity index is 1.76. The van der Waals surface area contributed by atoms with Gasteiger partial charge in [0.25, 0.3) is 0 Å². The largest absolute Gasteiger partial charge is 0.377 e. The molecule has 3 N–H and O–H groups in total. The zero-order valence-corrected chi connectivity index (χ0v) is 13.2. The number of ether oxygens (including phenoxy) is 1. The fourth-order valence-corrected chi connectivity index (χ4v) is 5.23. The summed E-state index contributed by atoms with van der Waals surface area (Å²) in [7, 11) is -3.19. The summed E-state index contributed by atoms with van der Waals surface area (Å²) in [6.45, 7) is 4.60. The molecule has 0 radical (unpaired) electrons. The molecule has 2 aliphatic heterocycles.